The van der Waals surface area contributed by atoms with Gasteiger partial charge in [-0.1, -0.05) is 36.4 Å². The second-order valence-electron chi connectivity index (χ2n) is 3.52. The predicted molar refractivity (Wildman–Crippen MR) is 55.9 cm³/mol. The first kappa shape index (κ1) is 9.16. The molecule has 0 N–H and O–H groups in total. The van der Waals surface area contributed by atoms with E-state index in [1.165, 1.54) is 5.56 Å². The summed E-state index contributed by atoms with van der Waals surface area (Å²) in [4.78, 5) is 13.3. The lowest BCUT2D eigenvalue weighted by Gasteiger charge is -2.21. The highest BCUT2D eigenvalue weighted by Gasteiger charge is 2.11. The molecule has 0 fully saturated rings. The van der Waals surface area contributed by atoms with Crippen LogP contribution in [0.5, 0.6) is 0 Å². The van der Waals surface area contributed by atoms with Crippen molar-refractivity contribution in [2.45, 2.75) is 6.54 Å². The Kier molecular flexibility index (Phi) is 2.75. The third kappa shape index (κ3) is 2.30. The molecule has 2 heteroatoms. The summed E-state index contributed by atoms with van der Waals surface area (Å²) in [6.45, 7) is 2.28. The van der Waals surface area contributed by atoms with Gasteiger partial charge in [-0.2, -0.15) is 0 Å². The summed E-state index contributed by atoms with van der Waals surface area (Å²) in [6.07, 6.45) is 3.59. The predicted octanol–water partition coefficient (Wildman–Crippen LogP) is 1.63. The third-order valence-corrected chi connectivity index (χ3v) is 2.30. The van der Waals surface area contributed by atoms with Crippen LogP contribution in [0.1, 0.15) is 5.56 Å². The summed E-state index contributed by atoms with van der Waals surface area (Å²) in [5, 5.41) is 0. The lowest BCUT2D eigenvalue weighted by molar-refractivity contribution is -0.116. The van der Waals surface area contributed by atoms with Crippen molar-refractivity contribution in [2.75, 3.05) is 13.1 Å². The van der Waals surface area contributed by atoms with Gasteiger partial charge in [-0.15, -0.1) is 0 Å². The molecule has 0 unspecified atom stereocenters. The highest BCUT2D eigenvalue weighted by Crippen LogP contribution is 2.06. The molecule has 0 saturated heterocycles. The molecule has 0 amide bonds. The Labute approximate surface area is 83.8 Å². The SMILES string of the molecule is O=C1C=CCN(Cc2ccccc2)C1. The summed E-state index contributed by atoms with van der Waals surface area (Å²) in [6, 6.07) is 10.2. The molecule has 0 atom stereocenters. The Morgan fingerprint density at radius 3 is 2.71 bits per heavy atom. The number of carbonyl (C=O) groups excluding carboxylic acids is 1. The summed E-state index contributed by atoms with van der Waals surface area (Å²) >= 11 is 0. The van der Waals surface area contributed by atoms with E-state index in [9.17, 15) is 4.79 Å². The van der Waals surface area contributed by atoms with Crippen LogP contribution in [0, 0.1) is 0 Å². The molecule has 0 bridgehead atoms. The highest BCUT2D eigenvalue weighted by molar-refractivity contribution is 5.92. The van der Waals surface area contributed by atoms with Gasteiger partial charge in [0.2, 0.25) is 0 Å². The van der Waals surface area contributed by atoms with Crippen LogP contribution in [-0.2, 0) is 11.3 Å². The van der Waals surface area contributed by atoms with Crippen molar-refractivity contribution in [3.8, 4) is 0 Å². The van der Waals surface area contributed by atoms with E-state index in [0.717, 1.165) is 13.1 Å². The van der Waals surface area contributed by atoms with E-state index in [1.807, 2.05) is 24.3 Å². The molecule has 1 aromatic carbocycles. The molecule has 72 valence electrons. The van der Waals surface area contributed by atoms with Crippen LogP contribution < -0.4 is 0 Å². The number of rotatable bonds is 2. The minimum Gasteiger partial charge on any atom is -0.293 e. The Morgan fingerprint density at radius 1 is 1.21 bits per heavy atom. The van der Waals surface area contributed by atoms with Crippen LogP contribution in [0.3, 0.4) is 0 Å². The van der Waals surface area contributed by atoms with Gasteiger partial charge in [0.05, 0.1) is 6.54 Å². The van der Waals surface area contributed by atoms with Crippen molar-refractivity contribution in [1.82, 2.24) is 4.90 Å². The molecule has 0 aromatic heterocycles. The molecule has 0 aliphatic carbocycles. The molecule has 1 heterocycles. The first-order chi connectivity index (χ1) is 6.84. The van der Waals surface area contributed by atoms with E-state index in [0.29, 0.717) is 6.54 Å². The Morgan fingerprint density at radius 2 is 2.00 bits per heavy atom. The van der Waals surface area contributed by atoms with Crippen molar-refractivity contribution in [1.29, 1.82) is 0 Å². The van der Waals surface area contributed by atoms with Crippen LogP contribution in [-0.4, -0.2) is 23.8 Å². The van der Waals surface area contributed by atoms with Crippen LogP contribution in [0.15, 0.2) is 42.5 Å². The average Bonchev–Trinajstić information content (AvgIpc) is 2.19. The monoisotopic (exact) mass is 187 g/mol. The van der Waals surface area contributed by atoms with Crippen LogP contribution in [0.4, 0.5) is 0 Å². The summed E-state index contributed by atoms with van der Waals surface area (Å²) in [5.41, 5.74) is 1.26. The normalized spacial score (nSPS) is 17.3. The summed E-state index contributed by atoms with van der Waals surface area (Å²) in [7, 11) is 0. The van der Waals surface area contributed by atoms with Gasteiger partial charge in [0.1, 0.15) is 0 Å². The molecular weight excluding hydrogens is 174 g/mol. The second kappa shape index (κ2) is 4.20. The number of nitrogens with zero attached hydrogens (tertiary/aromatic N) is 1. The van der Waals surface area contributed by atoms with Crippen molar-refractivity contribution in [3.05, 3.63) is 48.0 Å². The summed E-state index contributed by atoms with van der Waals surface area (Å²) < 4.78 is 0. The van der Waals surface area contributed by atoms with Gasteiger partial charge in [0.25, 0.3) is 0 Å². The van der Waals surface area contributed by atoms with E-state index in [4.69, 9.17) is 0 Å². The lowest BCUT2D eigenvalue weighted by Crippen LogP contribution is -2.31. The molecule has 1 aliphatic rings. The molecular formula is C12H13NO. The van der Waals surface area contributed by atoms with Crippen molar-refractivity contribution in [3.63, 3.8) is 0 Å². The quantitative estimate of drug-likeness (QED) is 0.701. The van der Waals surface area contributed by atoms with Crippen molar-refractivity contribution >= 4 is 5.78 Å². The van der Waals surface area contributed by atoms with Crippen molar-refractivity contribution < 1.29 is 4.79 Å². The van der Waals surface area contributed by atoms with Gasteiger partial charge in [-0.05, 0) is 11.6 Å². The lowest BCUT2D eigenvalue weighted by atomic mass is 10.2. The smallest absolute Gasteiger partial charge is 0.169 e. The van der Waals surface area contributed by atoms with Gasteiger partial charge in [-0.25, -0.2) is 0 Å². The largest absolute Gasteiger partial charge is 0.293 e. The van der Waals surface area contributed by atoms with Gasteiger partial charge < -0.3 is 0 Å². The van der Waals surface area contributed by atoms with Crippen LogP contribution in [0.25, 0.3) is 0 Å². The first-order valence-electron chi connectivity index (χ1n) is 4.80. The maximum atomic E-state index is 11.1. The minimum atomic E-state index is 0.201. The zero-order valence-corrected chi connectivity index (χ0v) is 8.02. The Hall–Kier alpha value is -1.41. The number of ketones is 1. The van der Waals surface area contributed by atoms with E-state index in [2.05, 4.69) is 17.0 Å². The maximum Gasteiger partial charge on any atom is 0.169 e. The molecule has 14 heavy (non-hydrogen) atoms. The Bertz CT molecular complexity index is 343. The fourth-order valence-electron chi connectivity index (χ4n) is 1.63. The molecule has 2 rings (SSSR count). The first-order valence-corrected chi connectivity index (χ1v) is 4.80. The number of hydrogen-bond donors (Lipinski definition) is 0. The standard InChI is InChI=1S/C12H13NO/c14-12-7-4-8-13(10-12)9-11-5-2-1-3-6-11/h1-7H,8-10H2. The number of carbonyl (C=O) groups is 1. The van der Waals surface area contributed by atoms with Crippen LogP contribution >= 0.6 is 0 Å². The van der Waals surface area contributed by atoms with E-state index < -0.39 is 0 Å². The highest BCUT2D eigenvalue weighted by atomic mass is 16.1. The van der Waals surface area contributed by atoms with Gasteiger partial charge >= 0.3 is 0 Å². The zero-order valence-electron chi connectivity index (χ0n) is 8.02. The fraction of sp³-hybridized carbons (Fsp3) is 0.250. The molecule has 0 radical (unpaired) electrons. The van der Waals surface area contributed by atoms with Crippen molar-refractivity contribution in [2.24, 2.45) is 0 Å². The summed E-state index contributed by atoms with van der Waals surface area (Å²) in [5.74, 6) is 0.201. The maximum absolute atomic E-state index is 11.1. The van der Waals surface area contributed by atoms with E-state index in [1.54, 1.807) is 6.08 Å². The fourth-order valence-corrected chi connectivity index (χ4v) is 1.63. The molecule has 1 aromatic rings. The Balaban J connectivity index is 1.99. The molecule has 2 nitrogen and oxygen atoms in total. The molecule has 0 saturated carbocycles. The topological polar surface area (TPSA) is 20.3 Å². The average molecular weight is 187 g/mol. The third-order valence-electron chi connectivity index (χ3n) is 2.30. The van der Waals surface area contributed by atoms with Gasteiger partial charge in [-0.3, -0.25) is 9.69 Å². The van der Waals surface area contributed by atoms with E-state index >= 15 is 0 Å². The van der Waals surface area contributed by atoms with Crippen LogP contribution in [0.2, 0.25) is 0 Å². The number of benzene rings is 1. The number of hydrogen-bond acceptors (Lipinski definition) is 2. The minimum absolute atomic E-state index is 0.201. The van der Waals surface area contributed by atoms with Gasteiger partial charge in [0.15, 0.2) is 5.78 Å². The van der Waals surface area contributed by atoms with E-state index in [-0.39, 0.29) is 5.78 Å². The molecule has 0 spiro atoms. The second-order valence-corrected chi connectivity index (χ2v) is 3.52. The molecule has 1 aliphatic heterocycles. The van der Waals surface area contributed by atoms with Gasteiger partial charge in [0, 0.05) is 13.1 Å². The zero-order chi connectivity index (χ0) is 9.80.